The summed E-state index contributed by atoms with van der Waals surface area (Å²) in [6, 6.07) is -0.349. The van der Waals surface area contributed by atoms with Gasteiger partial charge in [0.15, 0.2) is 0 Å². The fourth-order valence-corrected chi connectivity index (χ4v) is 1.60. The van der Waals surface area contributed by atoms with Crippen LogP contribution in [0.15, 0.2) is 29.0 Å². The monoisotopic (exact) mass is 218 g/mol. The summed E-state index contributed by atoms with van der Waals surface area (Å²) < 4.78 is 39.5. The van der Waals surface area contributed by atoms with Crippen LogP contribution in [0.5, 0.6) is 0 Å². The lowest BCUT2D eigenvalue weighted by atomic mass is 10.0. The van der Waals surface area contributed by atoms with Crippen LogP contribution in [0.1, 0.15) is 6.92 Å². The molecule has 1 aliphatic heterocycles. The highest BCUT2D eigenvalue weighted by molar-refractivity contribution is 5.82. The second kappa shape index (κ2) is 3.29. The Morgan fingerprint density at radius 1 is 1.47 bits per heavy atom. The van der Waals surface area contributed by atoms with E-state index in [9.17, 15) is 13.2 Å². The maximum Gasteiger partial charge on any atom is 0.573 e. The summed E-state index contributed by atoms with van der Waals surface area (Å²) in [7, 11) is 0. The molecular formula is C9H9F3N2O. The molecule has 15 heavy (non-hydrogen) atoms. The van der Waals surface area contributed by atoms with Crippen molar-refractivity contribution in [1.82, 2.24) is 5.32 Å². The minimum Gasteiger partial charge on any atom is -0.406 e. The Balaban J connectivity index is 2.08. The molecule has 0 amide bonds. The highest BCUT2D eigenvalue weighted by Crippen LogP contribution is 2.25. The Morgan fingerprint density at radius 3 is 2.87 bits per heavy atom. The van der Waals surface area contributed by atoms with E-state index in [4.69, 9.17) is 0 Å². The maximum atomic E-state index is 11.9. The molecule has 1 heterocycles. The molecule has 82 valence electrons. The number of halogens is 3. The lowest BCUT2D eigenvalue weighted by Crippen LogP contribution is -2.33. The molecule has 0 aromatic heterocycles. The van der Waals surface area contributed by atoms with E-state index < -0.39 is 6.36 Å². The van der Waals surface area contributed by atoms with E-state index in [1.165, 1.54) is 12.2 Å². The first-order chi connectivity index (χ1) is 6.94. The summed E-state index contributed by atoms with van der Waals surface area (Å²) in [5, 5.41) is 2.95. The van der Waals surface area contributed by atoms with Gasteiger partial charge in [0.05, 0.1) is 17.9 Å². The molecule has 0 saturated heterocycles. The quantitative estimate of drug-likeness (QED) is 0.727. The van der Waals surface area contributed by atoms with Crippen LogP contribution in [0.4, 0.5) is 13.2 Å². The van der Waals surface area contributed by atoms with Gasteiger partial charge in [-0.3, -0.25) is 4.99 Å². The van der Waals surface area contributed by atoms with Crippen LogP contribution in [0.25, 0.3) is 0 Å². The molecule has 3 nitrogen and oxygen atoms in total. The van der Waals surface area contributed by atoms with Gasteiger partial charge in [-0.1, -0.05) is 6.08 Å². The summed E-state index contributed by atoms with van der Waals surface area (Å²) in [4.78, 5) is 4.18. The van der Waals surface area contributed by atoms with E-state index in [1.807, 2.05) is 0 Å². The number of nitrogens with one attached hydrogen (secondary N) is 1. The van der Waals surface area contributed by atoms with Gasteiger partial charge in [-0.2, -0.15) is 0 Å². The largest absolute Gasteiger partial charge is 0.573 e. The zero-order valence-corrected chi connectivity index (χ0v) is 7.88. The van der Waals surface area contributed by atoms with Gasteiger partial charge in [-0.15, -0.1) is 13.2 Å². The lowest BCUT2D eigenvalue weighted by molar-refractivity contribution is -0.303. The third-order valence-electron chi connectivity index (χ3n) is 2.12. The van der Waals surface area contributed by atoms with Crippen LogP contribution < -0.4 is 5.32 Å². The minimum absolute atomic E-state index is 0.120. The molecule has 2 rings (SSSR count). The molecule has 1 aliphatic carbocycles. The average Bonchev–Trinajstić information content (AvgIpc) is 2.40. The first kappa shape index (κ1) is 10.1. The van der Waals surface area contributed by atoms with Crippen molar-refractivity contribution in [3.05, 3.63) is 24.0 Å². The molecule has 0 aromatic carbocycles. The van der Waals surface area contributed by atoms with Crippen LogP contribution in [-0.4, -0.2) is 24.3 Å². The van der Waals surface area contributed by atoms with Gasteiger partial charge in [0.25, 0.3) is 0 Å². The standard InChI is InChI=1S/C9H9F3N2O/c1-5-13-7-3-2-6(4-8(7)14-5)15-9(10,11)12/h2-4,7-8H,1H3,(H,13,14). The predicted octanol–water partition coefficient (Wildman–Crippen LogP) is 1.74. The number of nitrogens with zero attached hydrogens (tertiary/aromatic N) is 1. The molecule has 2 aliphatic rings. The van der Waals surface area contributed by atoms with Crippen molar-refractivity contribution < 1.29 is 17.9 Å². The average molecular weight is 218 g/mol. The normalized spacial score (nSPS) is 29.1. The Kier molecular flexibility index (Phi) is 2.21. The Morgan fingerprint density at radius 2 is 2.20 bits per heavy atom. The molecule has 6 heteroatoms. The second-order valence-corrected chi connectivity index (χ2v) is 3.35. The molecule has 0 radical (unpaired) electrons. The summed E-state index contributed by atoms with van der Waals surface area (Å²) >= 11 is 0. The molecule has 2 atom stereocenters. The zero-order chi connectivity index (χ0) is 11.1. The van der Waals surface area contributed by atoms with Crippen molar-refractivity contribution in [3.8, 4) is 0 Å². The Hall–Kier alpha value is -1.46. The fraction of sp³-hybridized carbons (Fsp3) is 0.444. The van der Waals surface area contributed by atoms with Gasteiger partial charge < -0.3 is 10.1 Å². The van der Waals surface area contributed by atoms with Gasteiger partial charge >= 0.3 is 6.36 Å². The number of ether oxygens (including phenoxy) is 1. The smallest absolute Gasteiger partial charge is 0.406 e. The van der Waals surface area contributed by atoms with Crippen molar-refractivity contribution in [1.29, 1.82) is 0 Å². The van der Waals surface area contributed by atoms with Crippen molar-refractivity contribution in [2.24, 2.45) is 4.99 Å². The van der Waals surface area contributed by atoms with E-state index in [-0.39, 0.29) is 17.8 Å². The van der Waals surface area contributed by atoms with Gasteiger partial charge in [-0.05, 0) is 19.1 Å². The number of fused-ring (bicyclic) bond motifs is 1. The van der Waals surface area contributed by atoms with E-state index in [0.717, 1.165) is 5.84 Å². The molecule has 2 unspecified atom stereocenters. The van der Waals surface area contributed by atoms with Gasteiger partial charge in [0.2, 0.25) is 0 Å². The number of aliphatic imine (C=N–C) groups is 1. The van der Waals surface area contributed by atoms with E-state index in [0.29, 0.717) is 0 Å². The van der Waals surface area contributed by atoms with Crippen LogP contribution in [0.3, 0.4) is 0 Å². The zero-order valence-electron chi connectivity index (χ0n) is 7.88. The molecule has 0 spiro atoms. The summed E-state index contributed by atoms with van der Waals surface area (Å²) in [5.41, 5.74) is 0. The van der Waals surface area contributed by atoms with Crippen LogP contribution in [0, 0.1) is 0 Å². The molecule has 0 bridgehead atoms. The van der Waals surface area contributed by atoms with Crippen molar-refractivity contribution in [3.63, 3.8) is 0 Å². The number of hydrogen-bond acceptors (Lipinski definition) is 3. The number of alkyl halides is 3. The predicted molar refractivity (Wildman–Crippen MR) is 48.2 cm³/mol. The van der Waals surface area contributed by atoms with Crippen LogP contribution in [-0.2, 0) is 4.74 Å². The third-order valence-corrected chi connectivity index (χ3v) is 2.12. The Bertz CT molecular complexity index is 357. The minimum atomic E-state index is -4.64. The third kappa shape index (κ3) is 2.31. The number of hydrogen-bond donors (Lipinski definition) is 1. The van der Waals surface area contributed by atoms with Crippen LogP contribution in [0.2, 0.25) is 0 Å². The summed E-state index contributed by atoms with van der Waals surface area (Å²) in [5.74, 6) is 0.528. The fourth-order valence-electron chi connectivity index (χ4n) is 1.60. The van der Waals surface area contributed by atoms with Gasteiger partial charge in [-0.25, -0.2) is 0 Å². The number of allylic oxidation sites excluding steroid dienone is 1. The highest BCUT2D eigenvalue weighted by atomic mass is 19.4. The molecule has 0 aromatic rings. The molecule has 0 saturated carbocycles. The van der Waals surface area contributed by atoms with E-state index in [1.54, 1.807) is 13.0 Å². The van der Waals surface area contributed by atoms with Gasteiger partial charge in [0, 0.05) is 0 Å². The second-order valence-electron chi connectivity index (χ2n) is 3.35. The molecular weight excluding hydrogens is 209 g/mol. The van der Waals surface area contributed by atoms with Crippen LogP contribution >= 0.6 is 0 Å². The Labute approximate surface area is 84.3 Å². The topological polar surface area (TPSA) is 33.6 Å². The van der Waals surface area contributed by atoms with E-state index in [2.05, 4.69) is 15.0 Å². The number of rotatable bonds is 1. The summed E-state index contributed by atoms with van der Waals surface area (Å²) in [6.07, 6.45) is -0.372. The SMILES string of the molecule is CC1=NC2C=CC(OC(F)(F)F)=CC2N1. The first-order valence-corrected chi connectivity index (χ1v) is 4.41. The first-order valence-electron chi connectivity index (χ1n) is 4.41. The molecule has 0 fully saturated rings. The highest BCUT2D eigenvalue weighted by Gasteiger charge is 2.34. The molecule has 1 N–H and O–H groups in total. The van der Waals surface area contributed by atoms with Crippen molar-refractivity contribution in [2.75, 3.05) is 0 Å². The number of amidine groups is 1. The summed E-state index contributed by atoms with van der Waals surface area (Å²) in [6.45, 7) is 1.77. The van der Waals surface area contributed by atoms with Crippen molar-refractivity contribution >= 4 is 5.84 Å². The lowest BCUT2D eigenvalue weighted by Gasteiger charge is -2.18. The van der Waals surface area contributed by atoms with Crippen molar-refractivity contribution in [2.45, 2.75) is 25.4 Å². The van der Waals surface area contributed by atoms with E-state index >= 15 is 0 Å². The maximum absolute atomic E-state index is 11.9. The van der Waals surface area contributed by atoms with Gasteiger partial charge in [0.1, 0.15) is 5.76 Å².